The van der Waals surface area contributed by atoms with Crippen LogP contribution in [0.5, 0.6) is 5.88 Å². The zero-order chi connectivity index (χ0) is 17.4. The van der Waals surface area contributed by atoms with Gasteiger partial charge in [-0.05, 0) is 13.8 Å². The summed E-state index contributed by atoms with van der Waals surface area (Å²) in [6, 6.07) is 0. The van der Waals surface area contributed by atoms with Crippen molar-refractivity contribution in [3.05, 3.63) is 22.5 Å². The quantitative estimate of drug-likeness (QED) is 0.575. The number of carbonyl (C=O) groups is 1. The summed E-state index contributed by atoms with van der Waals surface area (Å²) >= 11 is 0. The zero-order valence-corrected chi connectivity index (χ0v) is 13.1. The van der Waals surface area contributed by atoms with Crippen LogP contribution in [0.3, 0.4) is 0 Å². The summed E-state index contributed by atoms with van der Waals surface area (Å²) < 4.78 is 10.6. The Morgan fingerprint density at radius 2 is 1.79 bits per heavy atom. The molecule has 0 amide bonds. The monoisotopic (exact) mass is 332 g/mol. The van der Waals surface area contributed by atoms with E-state index in [4.69, 9.17) is 20.9 Å². The molecule has 1 aliphatic heterocycles. The molecule has 0 fully saturated rings. The number of nitrogens with zero attached hydrogens (tertiary/aromatic N) is 3. The number of hydrogen-bond acceptors (Lipinski definition) is 9. The maximum Gasteiger partial charge on any atom is 0.245 e. The average molecular weight is 332 g/mol. The summed E-state index contributed by atoms with van der Waals surface area (Å²) in [5.41, 5.74) is 11.9. The van der Waals surface area contributed by atoms with Crippen molar-refractivity contribution in [3.63, 3.8) is 0 Å². The molecule has 126 valence electrons. The number of H-pyrrole nitrogens is 1. The molecule has 0 saturated carbocycles. The molecule has 24 heavy (non-hydrogen) atoms. The van der Waals surface area contributed by atoms with Crippen LogP contribution in [-0.2, 0) is 9.53 Å². The highest BCUT2D eigenvalue weighted by atomic mass is 16.5. The van der Waals surface area contributed by atoms with Crippen LogP contribution in [0, 0.1) is 0 Å². The first-order chi connectivity index (χ1) is 11.5. The number of Topliss-reactive ketones (excluding diaryl/α,β-unsaturated/α-hetero) is 1. The number of allylic oxidation sites excluding steroid dienone is 2. The minimum Gasteiger partial charge on any atom is -0.506 e. The van der Waals surface area contributed by atoms with E-state index in [9.17, 15) is 9.90 Å². The molecule has 0 atom stereocenters. The summed E-state index contributed by atoms with van der Waals surface area (Å²) in [6.07, 6.45) is 0. The third kappa shape index (κ3) is 2.11. The van der Waals surface area contributed by atoms with Crippen LogP contribution in [0.1, 0.15) is 19.4 Å². The Hall–Kier alpha value is -3.30. The van der Waals surface area contributed by atoms with Crippen molar-refractivity contribution in [1.29, 1.82) is 0 Å². The van der Waals surface area contributed by atoms with Crippen LogP contribution in [0.4, 0.5) is 5.82 Å². The normalized spacial score (nSPS) is 20.0. The molecule has 3 rings (SSSR count). The van der Waals surface area contributed by atoms with Crippen molar-refractivity contribution in [2.45, 2.75) is 13.8 Å². The number of nitrogens with one attached hydrogen (secondary N) is 1. The Morgan fingerprint density at radius 1 is 1.08 bits per heavy atom. The molecule has 0 unspecified atom stereocenters. The maximum absolute atomic E-state index is 12.6. The Balaban J connectivity index is 2.10. The highest BCUT2D eigenvalue weighted by molar-refractivity contribution is 6.44. The molecular weight excluding hydrogens is 316 g/mol. The molecule has 0 radical (unpaired) electrons. The van der Waals surface area contributed by atoms with Crippen LogP contribution >= 0.6 is 0 Å². The van der Waals surface area contributed by atoms with E-state index in [0.717, 1.165) is 0 Å². The van der Waals surface area contributed by atoms with Gasteiger partial charge in [-0.1, -0.05) is 0 Å². The van der Waals surface area contributed by atoms with Crippen LogP contribution in [0.25, 0.3) is 5.57 Å². The number of anilines is 1. The molecule has 10 nitrogen and oxygen atoms in total. The summed E-state index contributed by atoms with van der Waals surface area (Å²) in [4.78, 5) is 12.6. The van der Waals surface area contributed by atoms with Crippen molar-refractivity contribution in [1.82, 2.24) is 10.2 Å². The Bertz CT molecular complexity index is 845. The number of aromatic amines is 1. The van der Waals surface area contributed by atoms with Gasteiger partial charge in [-0.15, -0.1) is 15.3 Å². The van der Waals surface area contributed by atoms with Gasteiger partial charge < -0.3 is 26.0 Å². The molecule has 0 saturated heterocycles. The lowest BCUT2D eigenvalue weighted by Crippen LogP contribution is -2.30. The topological polar surface area (TPSA) is 161 Å². The highest BCUT2D eigenvalue weighted by Gasteiger charge is 2.43. The van der Waals surface area contributed by atoms with Gasteiger partial charge in [-0.2, -0.15) is 0 Å². The number of ketones is 1. The molecule has 6 N–H and O–H groups in total. The Labute approximate surface area is 136 Å². The van der Waals surface area contributed by atoms with E-state index >= 15 is 0 Å². The summed E-state index contributed by atoms with van der Waals surface area (Å²) in [5, 5.41) is 24.3. The van der Waals surface area contributed by atoms with Crippen LogP contribution in [-0.4, -0.2) is 46.0 Å². The summed E-state index contributed by atoms with van der Waals surface area (Å²) in [5.74, 6) is -0.405. The van der Waals surface area contributed by atoms with E-state index in [1.165, 1.54) is 0 Å². The van der Waals surface area contributed by atoms with Crippen molar-refractivity contribution < 1.29 is 19.4 Å². The van der Waals surface area contributed by atoms with Crippen molar-refractivity contribution >= 4 is 28.9 Å². The number of rotatable bonds is 4. The first-order valence-electron chi connectivity index (χ1n) is 7.25. The standard InChI is InChI=1S/C14H16N6O4/c1-3-23-13-7(11(15)17-19-13)5-9(21)6(10(5)22)8-12(16)18-20-14(8)24-4-2/h21H,3-4H2,1-2H3,(H2,15,17)(H3,16,18,20)/b7-5+. The number of amidine groups is 1. The fourth-order valence-corrected chi connectivity index (χ4v) is 2.47. The molecule has 0 spiro atoms. The molecule has 1 aliphatic carbocycles. The fourth-order valence-electron chi connectivity index (χ4n) is 2.47. The van der Waals surface area contributed by atoms with E-state index in [-0.39, 0.29) is 51.5 Å². The van der Waals surface area contributed by atoms with Gasteiger partial charge in [0.25, 0.3) is 0 Å². The minimum atomic E-state index is -0.469. The molecule has 0 aromatic carbocycles. The maximum atomic E-state index is 12.6. The van der Waals surface area contributed by atoms with E-state index in [2.05, 4.69) is 20.4 Å². The lowest BCUT2D eigenvalue weighted by Gasteiger charge is -2.23. The number of nitrogens with two attached hydrogens (primary N) is 2. The van der Waals surface area contributed by atoms with Gasteiger partial charge in [-0.3, -0.25) is 9.89 Å². The van der Waals surface area contributed by atoms with E-state index < -0.39 is 5.78 Å². The van der Waals surface area contributed by atoms with Crippen molar-refractivity contribution in [3.8, 4) is 5.88 Å². The molecule has 10 heteroatoms. The van der Waals surface area contributed by atoms with Gasteiger partial charge in [0, 0.05) is 0 Å². The lowest BCUT2D eigenvalue weighted by molar-refractivity contribution is -0.111. The summed E-state index contributed by atoms with van der Waals surface area (Å²) in [7, 11) is 0. The second kappa shape index (κ2) is 5.72. The number of hydrogen-bond donors (Lipinski definition) is 4. The number of aromatic nitrogens is 2. The molecular formula is C14H16N6O4. The van der Waals surface area contributed by atoms with E-state index in [1.54, 1.807) is 13.8 Å². The molecule has 2 heterocycles. The Morgan fingerprint density at radius 3 is 2.42 bits per heavy atom. The predicted molar refractivity (Wildman–Crippen MR) is 86.4 cm³/mol. The van der Waals surface area contributed by atoms with Gasteiger partial charge in [0.1, 0.15) is 11.6 Å². The number of aliphatic hydroxyl groups excluding tert-OH is 1. The van der Waals surface area contributed by atoms with Crippen molar-refractivity contribution in [2.75, 3.05) is 18.9 Å². The number of ether oxygens (including phenoxy) is 2. The highest BCUT2D eigenvalue weighted by Crippen LogP contribution is 2.43. The number of nitrogen functional groups attached to an aromatic ring is 1. The number of aliphatic hydroxyl groups is 1. The third-order valence-corrected chi connectivity index (χ3v) is 3.47. The summed E-state index contributed by atoms with van der Waals surface area (Å²) in [6.45, 7) is 4.16. The van der Waals surface area contributed by atoms with Gasteiger partial charge in [0.2, 0.25) is 17.6 Å². The first kappa shape index (κ1) is 15.6. The zero-order valence-electron chi connectivity index (χ0n) is 13.1. The van der Waals surface area contributed by atoms with Crippen LogP contribution in [0.2, 0.25) is 0 Å². The smallest absolute Gasteiger partial charge is 0.245 e. The van der Waals surface area contributed by atoms with E-state index in [0.29, 0.717) is 13.2 Å². The van der Waals surface area contributed by atoms with Gasteiger partial charge in [0.15, 0.2) is 5.84 Å². The minimum absolute atomic E-state index is 0.00222. The SMILES string of the molecule is CCOC1=NN=C(N)/C1=C1\C(=O)C(c2c(OCC)n[nH]c2N)=C1O. The van der Waals surface area contributed by atoms with Crippen molar-refractivity contribution in [2.24, 2.45) is 15.9 Å². The third-order valence-electron chi connectivity index (χ3n) is 3.47. The Kier molecular flexibility index (Phi) is 3.72. The second-order valence-electron chi connectivity index (χ2n) is 4.88. The van der Waals surface area contributed by atoms with Gasteiger partial charge >= 0.3 is 0 Å². The van der Waals surface area contributed by atoms with E-state index in [1.807, 2.05) is 0 Å². The van der Waals surface area contributed by atoms with Gasteiger partial charge in [-0.25, -0.2) is 0 Å². The van der Waals surface area contributed by atoms with Gasteiger partial charge in [0.05, 0.1) is 35.5 Å². The molecule has 2 aliphatic rings. The molecule has 1 aromatic rings. The van der Waals surface area contributed by atoms with Crippen LogP contribution < -0.4 is 16.2 Å². The second-order valence-corrected chi connectivity index (χ2v) is 4.88. The number of carbonyl (C=O) groups excluding carboxylic acids is 1. The lowest BCUT2D eigenvalue weighted by atomic mass is 9.81. The average Bonchev–Trinajstić information content (AvgIpc) is 3.07. The fraction of sp³-hybridized carbons (Fsp3) is 0.286. The van der Waals surface area contributed by atoms with Crippen LogP contribution in [0.15, 0.2) is 27.1 Å². The largest absolute Gasteiger partial charge is 0.506 e. The molecule has 1 aromatic heterocycles. The first-order valence-corrected chi connectivity index (χ1v) is 7.25. The molecule has 0 bridgehead atoms. The predicted octanol–water partition coefficient (Wildman–Crippen LogP) is 0.260.